The summed E-state index contributed by atoms with van der Waals surface area (Å²) >= 11 is 0. The molecule has 0 amide bonds. The van der Waals surface area contributed by atoms with E-state index in [2.05, 4.69) is 0 Å². The van der Waals surface area contributed by atoms with Gasteiger partial charge in [0.1, 0.15) is 0 Å². The third-order valence-corrected chi connectivity index (χ3v) is 2.38. The number of carboxylic acid groups (broad SMARTS) is 1. The van der Waals surface area contributed by atoms with Gasteiger partial charge in [0.15, 0.2) is 0 Å². The van der Waals surface area contributed by atoms with Crippen molar-refractivity contribution in [2.24, 2.45) is 0 Å². The molecule has 0 aliphatic rings. The van der Waals surface area contributed by atoms with E-state index >= 15 is 0 Å². The van der Waals surface area contributed by atoms with Crippen molar-refractivity contribution in [2.45, 2.75) is 31.7 Å². The van der Waals surface area contributed by atoms with Gasteiger partial charge in [0.05, 0.1) is 31.8 Å². The van der Waals surface area contributed by atoms with Crippen LogP contribution in [0.2, 0.25) is 0 Å². The van der Waals surface area contributed by atoms with Crippen LogP contribution < -0.4 is 0 Å². The van der Waals surface area contributed by atoms with E-state index in [-0.39, 0.29) is 19.4 Å². The fourth-order valence-electron chi connectivity index (χ4n) is 1.55. The first kappa shape index (κ1) is 14.6. The van der Waals surface area contributed by atoms with Crippen LogP contribution in [0, 0.1) is 0 Å². The Morgan fingerprint density at radius 1 is 1.17 bits per heavy atom. The smallest absolute Gasteiger partial charge is 0.305 e. The zero-order valence-corrected chi connectivity index (χ0v) is 10.0. The minimum Gasteiger partial charge on any atom is -0.481 e. The summed E-state index contributed by atoms with van der Waals surface area (Å²) < 4.78 is 5.28. The van der Waals surface area contributed by atoms with E-state index in [1.165, 1.54) is 0 Å². The van der Waals surface area contributed by atoms with Crippen LogP contribution >= 0.6 is 0 Å². The molecule has 2 atom stereocenters. The number of ether oxygens (including phenoxy) is 1. The van der Waals surface area contributed by atoms with Crippen LogP contribution in [-0.4, -0.2) is 40.1 Å². The van der Waals surface area contributed by atoms with E-state index in [0.717, 1.165) is 5.56 Å². The largest absolute Gasteiger partial charge is 0.481 e. The number of hydrogen-bond donors (Lipinski definition) is 3. The van der Waals surface area contributed by atoms with Gasteiger partial charge in [-0.1, -0.05) is 30.3 Å². The van der Waals surface area contributed by atoms with Crippen molar-refractivity contribution in [1.82, 2.24) is 0 Å². The van der Waals surface area contributed by atoms with Crippen LogP contribution in [0.15, 0.2) is 30.3 Å². The van der Waals surface area contributed by atoms with Crippen molar-refractivity contribution in [1.29, 1.82) is 0 Å². The minimum atomic E-state index is -1.08. The second kappa shape index (κ2) is 7.81. The van der Waals surface area contributed by atoms with Crippen LogP contribution in [0.4, 0.5) is 0 Å². The Labute approximate surface area is 106 Å². The van der Waals surface area contributed by atoms with Gasteiger partial charge in [-0.05, 0) is 5.56 Å². The van der Waals surface area contributed by atoms with Crippen LogP contribution in [0.1, 0.15) is 18.4 Å². The maximum Gasteiger partial charge on any atom is 0.305 e. The van der Waals surface area contributed by atoms with Crippen LogP contribution in [0.25, 0.3) is 0 Å². The Kier molecular flexibility index (Phi) is 6.35. The number of carboxylic acids is 1. The van der Waals surface area contributed by atoms with E-state index in [1.807, 2.05) is 30.3 Å². The molecule has 5 heteroatoms. The highest BCUT2D eigenvalue weighted by molar-refractivity contribution is 5.67. The highest BCUT2D eigenvalue weighted by atomic mass is 16.5. The summed E-state index contributed by atoms with van der Waals surface area (Å²) in [5.41, 5.74) is 0.996. The lowest BCUT2D eigenvalue weighted by molar-refractivity contribution is -0.139. The molecule has 0 spiro atoms. The topological polar surface area (TPSA) is 87.0 Å². The van der Waals surface area contributed by atoms with Crippen molar-refractivity contribution < 1.29 is 24.9 Å². The number of hydrogen-bond acceptors (Lipinski definition) is 4. The monoisotopic (exact) mass is 254 g/mol. The standard InChI is InChI=1S/C13H18O5/c14-11(7-13(16)17)6-12(15)9-18-8-10-4-2-1-3-5-10/h1-5,11-12,14-15H,6-9H2,(H,16,17). The fourth-order valence-corrected chi connectivity index (χ4v) is 1.55. The quantitative estimate of drug-likeness (QED) is 0.638. The van der Waals surface area contributed by atoms with Gasteiger partial charge in [-0.25, -0.2) is 0 Å². The molecular weight excluding hydrogens is 236 g/mol. The fraction of sp³-hybridized carbons (Fsp3) is 0.462. The third-order valence-electron chi connectivity index (χ3n) is 2.38. The van der Waals surface area contributed by atoms with Crippen molar-refractivity contribution >= 4 is 5.97 Å². The van der Waals surface area contributed by atoms with Crippen molar-refractivity contribution in [3.8, 4) is 0 Å². The molecule has 5 nitrogen and oxygen atoms in total. The summed E-state index contributed by atoms with van der Waals surface area (Å²) in [5.74, 6) is -1.08. The molecule has 1 rings (SSSR count). The normalized spacial score (nSPS) is 14.1. The minimum absolute atomic E-state index is 0.00108. The van der Waals surface area contributed by atoms with Gasteiger partial charge in [-0.3, -0.25) is 4.79 Å². The summed E-state index contributed by atoms with van der Waals surface area (Å²) in [5, 5.41) is 27.3. The molecule has 0 saturated heterocycles. The average Bonchev–Trinajstić information content (AvgIpc) is 2.29. The molecule has 0 saturated carbocycles. The second-order valence-electron chi connectivity index (χ2n) is 4.14. The lowest BCUT2D eigenvalue weighted by atomic mass is 10.1. The van der Waals surface area contributed by atoms with Crippen molar-refractivity contribution in [2.75, 3.05) is 6.61 Å². The molecule has 2 unspecified atom stereocenters. The van der Waals surface area contributed by atoms with Gasteiger partial charge in [-0.15, -0.1) is 0 Å². The van der Waals surface area contributed by atoms with E-state index in [1.54, 1.807) is 0 Å². The van der Waals surface area contributed by atoms with Gasteiger partial charge < -0.3 is 20.1 Å². The zero-order valence-electron chi connectivity index (χ0n) is 10.0. The molecule has 0 radical (unpaired) electrons. The molecular formula is C13H18O5. The maximum absolute atomic E-state index is 10.3. The number of carbonyl (C=O) groups is 1. The molecule has 0 heterocycles. The first-order chi connectivity index (χ1) is 8.58. The number of rotatable bonds is 8. The second-order valence-corrected chi connectivity index (χ2v) is 4.14. The Morgan fingerprint density at radius 2 is 1.83 bits per heavy atom. The number of benzene rings is 1. The Hall–Kier alpha value is -1.43. The Bertz CT molecular complexity index is 352. The summed E-state index contributed by atoms with van der Waals surface area (Å²) in [6, 6.07) is 9.51. The first-order valence-corrected chi connectivity index (χ1v) is 5.77. The van der Waals surface area contributed by atoms with Crippen LogP contribution in [0.5, 0.6) is 0 Å². The van der Waals surface area contributed by atoms with Gasteiger partial charge in [0.25, 0.3) is 0 Å². The lowest BCUT2D eigenvalue weighted by Gasteiger charge is -2.14. The van der Waals surface area contributed by atoms with E-state index < -0.39 is 18.2 Å². The highest BCUT2D eigenvalue weighted by Gasteiger charge is 2.15. The maximum atomic E-state index is 10.3. The molecule has 1 aromatic carbocycles. The van der Waals surface area contributed by atoms with Gasteiger partial charge >= 0.3 is 5.97 Å². The number of aliphatic hydroxyl groups is 2. The summed E-state index contributed by atoms with van der Waals surface area (Å²) in [4.78, 5) is 10.3. The Morgan fingerprint density at radius 3 is 2.44 bits per heavy atom. The van der Waals surface area contributed by atoms with Crippen LogP contribution in [-0.2, 0) is 16.1 Å². The van der Waals surface area contributed by atoms with Crippen molar-refractivity contribution in [3.63, 3.8) is 0 Å². The predicted octanol–water partition coefficient (Wildman–Crippen LogP) is 0.790. The zero-order chi connectivity index (χ0) is 13.4. The molecule has 1 aromatic rings. The third kappa shape index (κ3) is 6.34. The molecule has 0 aliphatic carbocycles. The number of aliphatic carboxylic acids is 1. The number of aliphatic hydroxyl groups excluding tert-OH is 2. The molecule has 18 heavy (non-hydrogen) atoms. The van der Waals surface area contributed by atoms with Gasteiger partial charge in [-0.2, -0.15) is 0 Å². The summed E-state index contributed by atoms with van der Waals surface area (Å²) in [6.45, 7) is 0.457. The highest BCUT2D eigenvalue weighted by Crippen LogP contribution is 2.05. The molecule has 3 N–H and O–H groups in total. The van der Waals surface area contributed by atoms with Gasteiger partial charge in [0.2, 0.25) is 0 Å². The molecule has 0 bridgehead atoms. The van der Waals surface area contributed by atoms with E-state index in [4.69, 9.17) is 9.84 Å². The lowest BCUT2D eigenvalue weighted by Crippen LogP contribution is -2.24. The molecule has 0 fully saturated rings. The molecule has 100 valence electrons. The molecule has 0 aromatic heterocycles. The van der Waals surface area contributed by atoms with Gasteiger partial charge in [0, 0.05) is 6.42 Å². The first-order valence-electron chi connectivity index (χ1n) is 5.77. The van der Waals surface area contributed by atoms with Crippen molar-refractivity contribution in [3.05, 3.63) is 35.9 Å². The Balaban J connectivity index is 2.17. The van der Waals surface area contributed by atoms with Crippen LogP contribution in [0.3, 0.4) is 0 Å². The van der Waals surface area contributed by atoms with E-state index in [9.17, 15) is 15.0 Å². The summed E-state index contributed by atoms with van der Waals surface area (Å²) in [7, 11) is 0. The summed E-state index contributed by atoms with van der Waals surface area (Å²) in [6.07, 6.45) is -2.27. The average molecular weight is 254 g/mol. The molecule has 0 aliphatic heterocycles. The predicted molar refractivity (Wildman–Crippen MR) is 65.0 cm³/mol. The SMILES string of the molecule is O=C(O)CC(O)CC(O)COCc1ccccc1. The van der Waals surface area contributed by atoms with E-state index in [0.29, 0.717) is 6.61 Å².